The van der Waals surface area contributed by atoms with Gasteiger partial charge < -0.3 is 38.8 Å². The molecule has 1 saturated carbocycles. The van der Waals surface area contributed by atoms with Crippen molar-refractivity contribution in [2.24, 2.45) is 40.9 Å². The van der Waals surface area contributed by atoms with Gasteiger partial charge in [-0.2, -0.15) is 0 Å². The van der Waals surface area contributed by atoms with Crippen LogP contribution in [0.2, 0.25) is 0 Å². The Labute approximate surface area is 419 Å². The number of carbonyl (C=O) groups is 6. The first-order chi connectivity index (χ1) is 33.0. The van der Waals surface area contributed by atoms with Crippen molar-refractivity contribution in [1.29, 1.82) is 0 Å². The van der Waals surface area contributed by atoms with E-state index in [1.165, 1.54) is 12.0 Å². The minimum Gasteiger partial charge on any atom is -0.462 e. The van der Waals surface area contributed by atoms with Crippen molar-refractivity contribution in [2.45, 2.75) is 201 Å². The van der Waals surface area contributed by atoms with E-state index in [1.54, 1.807) is 48.0 Å². The molecule has 1 aliphatic carbocycles. The summed E-state index contributed by atoms with van der Waals surface area (Å²) in [4.78, 5) is 82.2. The molecule has 2 aliphatic heterocycles. The van der Waals surface area contributed by atoms with Crippen LogP contribution in [0.4, 0.5) is 0 Å². The van der Waals surface area contributed by atoms with Crippen LogP contribution in [0, 0.1) is 40.9 Å². The Morgan fingerprint density at radius 1 is 0.900 bits per heavy atom. The van der Waals surface area contributed by atoms with Gasteiger partial charge in [-0.05, 0) is 113 Å². The monoisotopic (exact) mass is 984 g/mol. The lowest BCUT2D eigenvalue weighted by atomic mass is 9.78. The van der Waals surface area contributed by atoms with Crippen LogP contribution < -0.4 is 0 Å². The lowest BCUT2D eigenvalue weighted by Gasteiger charge is -2.37. The maximum Gasteiger partial charge on any atom is 0.329 e. The van der Waals surface area contributed by atoms with Crippen LogP contribution in [0.5, 0.6) is 0 Å². The summed E-state index contributed by atoms with van der Waals surface area (Å²) in [6, 6.07) is -0.958. The summed E-state index contributed by atoms with van der Waals surface area (Å²) < 4.78 is 28.7. The van der Waals surface area contributed by atoms with Crippen LogP contribution in [-0.2, 0) is 52.5 Å². The number of allylic oxidation sites excluding steroid dienone is 6. The number of piperidine rings is 1. The highest BCUT2D eigenvalue weighted by atomic mass is 16.6. The SMILES string of the molecule is CCC(C)(C)C(=O)C(=O)N1CCCC[C@H]1C(=O)O[C@@H](CC(=O)[C@H](C)/C=C(\C)[C@@H](O)[C@@H](OC)C(=O)[C@@H](C)C[C@H](C)/C=C/C=C/C=C(\C)[C@H](CC1CC[C@@H](C)C(=O)O1)OC)[C@H](C)C[C@@H]1CC[C@@H](O)[C@H](OC)C1. The predicted octanol–water partition coefficient (Wildman–Crippen LogP) is 8.44. The zero-order chi connectivity index (χ0) is 52.5. The van der Waals surface area contributed by atoms with Crippen molar-refractivity contribution in [2.75, 3.05) is 27.9 Å². The molecule has 0 bridgehead atoms. The van der Waals surface area contributed by atoms with Crippen molar-refractivity contribution in [3.8, 4) is 0 Å². The van der Waals surface area contributed by atoms with Crippen molar-refractivity contribution in [3.05, 3.63) is 47.6 Å². The highest BCUT2D eigenvalue weighted by molar-refractivity contribution is 6.38. The van der Waals surface area contributed by atoms with Crippen LogP contribution >= 0.6 is 0 Å². The zero-order valence-electron chi connectivity index (χ0n) is 44.8. The number of aliphatic hydroxyl groups excluding tert-OH is 2. The molecule has 3 rings (SSSR count). The Morgan fingerprint density at radius 2 is 1.60 bits per heavy atom. The Hall–Kier alpha value is -3.82. The Kier molecular flexibility index (Phi) is 25.1. The van der Waals surface area contributed by atoms with Gasteiger partial charge in [-0.25, -0.2) is 4.79 Å². The maximum absolute atomic E-state index is 14.1. The molecular weight excluding hydrogens is 895 g/mol. The van der Waals surface area contributed by atoms with E-state index < -0.39 is 65.4 Å². The minimum atomic E-state index is -1.32. The second-order valence-electron chi connectivity index (χ2n) is 21.5. The van der Waals surface area contributed by atoms with Crippen LogP contribution in [0.1, 0.15) is 153 Å². The third-order valence-corrected chi connectivity index (χ3v) is 15.3. The van der Waals surface area contributed by atoms with Gasteiger partial charge in [0.05, 0.1) is 24.2 Å². The number of cyclic esters (lactones) is 1. The topological polar surface area (TPSA) is 192 Å². The Morgan fingerprint density at radius 3 is 2.23 bits per heavy atom. The lowest BCUT2D eigenvalue weighted by molar-refractivity contribution is -0.167. The standard InChI is InChI=1S/C56H89NO13/c1-14-56(9,10)52(62)53(63)57-27-19-18-22-43(57)55(65)70-47(38(6)30-41-24-26-44(58)48(31-41)67-12)33-45(59)37(5)29-40(8)50(61)51(68-13)49(60)39(7)28-34(2)20-16-15-17-21-35(3)46(66-11)32-42-25-23-36(4)54(64)69-42/h15-17,20-21,29,34,36-39,41-44,46-48,50-51,58,61H,14,18-19,22-28,30-33H2,1-13H3/b17-15+,20-16+,35-21+,40-29+/t34-,36-,37-,38-,39+,41+,42?,43+,44-,46+,47+,48-,50-,51+/m1/s1. The molecule has 0 aromatic carbocycles. The fourth-order valence-electron chi connectivity index (χ4n) is 9.97. The van der Waals surface area contributed by atoms with Gasteiger partial charge in [-0.3, -0.25) is 24.0 Å². The minimum absolute atomic E-state index is 0.0284. The number of hydrogen-bond acceptors (Lipinski definition) is 13. The van der Waals surface area contributed by atoms with E-state index in [-0.39, 0.29) is 72.5 Å². The number of Topliss-reactive ketones (excluding diaryl/α,β-unsaturated/α-hetero) is 3. The van der Waals surface area contributed by atoms with Gasteiger partial charge in [-0.1, -0.05) is 91.8 Å². The van der Waals surface area contributed by atoms with E-state index in [0.29, 0.717) is 63.4 Å². The van der Waals surface area contributed by atoms with Crippen molar-refractivity contribution in [1.82, 2.24) is 4.90 Å². The maximum atomic E-state index is 14.1. The molecule has 1 unspecified atom stereocenters. The molecule has 2 heterocycles. The third-order valence-electron chi connectivity index (χ3n) is 15.3. The number of esters is 2. The first kappa shape index (κ1) is 60.5. The first-order valence-corrected chi connectivity index (χ1v) is 26.0. The van der Waals surface area contributed by atoms with Crippen molar-refractivity contribution in [3.63, 3.8) is 0 Å². The van der Waals surface area contributed by atoms with Crippen molar-refractivity contribution < 1.29 is 62.7 Å². The van der Waals surface area contributed by atoms with Crippen LogP contribution in [0.15, 0.2) is 47.6 Å². The number of rotatable bonds is 27. The second-order valence-corrected chi connectivity index (χ2v) is 21.5. The molecule has 3 fully saturated rings. The molecule has 0 radical (unpaired) electrons. The van der Waals surface area contributed by atoms with Gasteiger partial charge >= 0.3 is 11.9 Å². The number of hydrogen-bond donors (Lipinski definition) is 2. The molecule has 14 heteroatoms. The summed E-state index contributed by atoms with van der Waals surface area (Å²) in [6.45, 7) is 18.5. The van der Waals surface area contributed by atoms with E-state index in [1.807, 2.05) is 71.9 Å². The second kappa shape index (κ2) is 29.0. The molecule has 70 heavy (non-hydrogen) atoms. The molecule has 1 amide bonds. The Balaban J connectivity index is 1.68. The predicted molar refractivity (Wildman–Crippen MR) is 269 cm³/mol. The number of methoxy groups -OCH3 is 3. The van der Waals surface area contributed by atoms with Crippen molar-refractivity contribution >= 4 is 35.2 Å². The summed E-state index contributed by atoms with van der Waals surface area (Å²) >= 11 is 0. The fourth-order valence-corrected chi connectivity index (χ4v) is 9.97. The number of ether oxygens (including phenoxy) is 5. The first-order valence-electron chi connectivity index (χ1n) is 26.0. The van der Waals surface area contributed by atoms with E-state index in [4.69, 9.17) is 23.7 Å². The molecule has 0 aromatic rings. The number of carbonyl (C=O) groups excluding carboxylic acids is 6. The van der Waals surface area contributed by atoms with Crippen LogP contribution in [0.25, 0.3) is 0 Å². The number of ketones is 3. The molecule has 2 saturated heterocycles. The van der Waals surface area contributed by atoms with E-state index in [2.05, 4.69) is 0 Å². The van der Waals surface area contributed by atoms with Gasteiger partial charge in [0.2, 0.25) is 5.78 Å². The molecular formula is C56H89NO13. The quantitative estimate of drug-likeness (QED) is 0.0345. The molecule has 3 aliphatic rings. The van der Waals surface area contributed by atoms with Gasteiger partial charge in [0, 0.05) is 58.0 Å². The zero-order valence-corrected chi connectivity index (χ0v) is 44.8. The smallest absolute Gasteiger partial charge is 0.329 e. The van der Waals surface area contributed by atoms with Gasteiger partial charge in [0.1, 0.15) is 36.2 Å². The average molecular weight is 984 g/mol. The number of aliphatic hydroxyl groups is 2. The fraction of sp³-hybridized carbons (Fsp3) is 0.750. The lowest BCUT2D eigenvalue weighted by Crippen LogP contribution is -2.53. The number of amides is 1. The summed E-state index contributed by atoms with van der Waals surface area (Å²) in [5.74, 6) is -3.89. The normalized spacial score (nSPS) is 26.4. The molecule has 14 atom stereocenters. The highest BCUT2D eigenvalue weighted by Gasteiger charge is 2.42. The molecule has 0 spiro atoms. The number of likely N-dealkylation sites (tertiary alicyclic amines) is 1. The molecule has 0 aromatic heterocycles. The summed E-state index contributed by atoms with van der Waals surface area (Å²) in [6.07, 6.45) is 14.1. The van der Waals surface area contributed by atoms with Gasteiger partial charge in [0.15, 0.2) is 5.78 Å². The molecule has 14 nitrogen and oxygen atoms in total. The largest absolute Gasteiger partial charge is 0.462 e. The highest BCUT2D eigenvalue weighted by Crippen LogP contribution is 2.35. The molecule has 2 N–H and O–H groups in total. The van der Waals surface area contributed by atoms with Gasteiger partial charge in [-0.15, -0.1) is 0 Å². The summed E-state index contributed by atoms with van der Waals surface area (Å²) in [5, 5.41) is 21.9. The van der Waals surface area contributed by atoms with Gasteiger partial charge in [0.25, 0.3) is 5.91 Å². The number of nitrogens with zero attached hydrogens (tertiary/aromatic N) is 1. The summed E-state index contributed by atoms with van der Waals surface area (Å²) in [7, 11) is 4.61. The third kappa shape index (κ3) is 17.7. The van der Waals surface area contributed by atoms with Crippen LogP contribution in [-0.4, -0.2) is 127 Å². The van der Waals surface area contributed by atoms with E-state index >= 15 is 0 Å². The average Bonchev–Trinajstić information content (AvgIpc) is 3.33. The molecule has 396 valence electrons. The van der Waals surface area contributed by atoms with E-state index in [0.717, 1.165) is 24.8 Å². The van der Waals surface area contributed by atoms with Crippen LogP contribution in [0.3, 0.4) is 0 Å². The summed E-state index contributed by atoms with van der Waals surface area (Å²) in [5.41, 5.74) is 0.519. The Bertz CT molecular complexity index is 1870. The van der Waals surface area contributed by atoms with E-state index in [9.17, 15) is 39.0 Å².